The highest BCUT2D eigenvalue weighted by molar-refractivity contribution is 5.75. The molecule has 1 nitrogen and oxygen atoms in total. The first-order valence-electron chi connectivity index (χ1n) is 7.22. The number of rotatable bonds is 9. The molecule has 0 N–H and O–H groups in total. The van der Waals surface area contributed by atoms with Gasteiger partial charge in [0.1, 0.15) is 5.78 Å². The lowest BCUT2D eigenvalue weighted by Gasteiger charge is -2.08. The van der Waals surface area contributed by atoms with Crippen LogP contribution in [0.1, 0.15) is 57.9 Å². The van der Waals surface area contributed by atoms with Gasteiger partial charge in [0.25, 0.3) is 0 Å². The molecule has 0 aromatic heterocycles. The van der Waals surface area contributed by atoms with Crippen molar-refractivity contribution in [1.82, 2.24) is 0 Å². The molecule has 0 aliphatic heterocycles. The van der Waals surface area contributed by atoms with E-state index in [-0.39, 0.29) is 0 Å². The minimum absolute atomic E-state index is 0.326. The third-order valence-electron chi connectivity index (χ3n) is 3.39. The SMILES string of the molecule is CC(=O)C[C@@H](C)CCCCCCc1ccccc1. The Kier molecular flexibility index (Phi) is 7.40. The number of aryl methyl sites for hydroxylation is 1. The summed E-state index contributed by atoms with van der Waals surface area (Å²) in [4.78, 5) is 10.9. The van der Waals surface area contributed by atoms with E-state index in [0.717, 1.165) is 6.42 Å². The smallest absolute Gasteiger partial charge is 0.130 e. The van der Waals surface area contributed by atoms with Crippen molar-refractivity contribution in [3.63, 3.8) is 0 Å². The average Bonchev–Trinajstić information content (AvgIpc) is 2.34. The van der Waals surface area contributed by atoms with Crippen molar-refractivity contribution >= 4 is 5.78 Å². The van der Waals surface area contributed by atoms with E-state index in [1.165, 1.54) is 44.1 Å². The van der Waals surface area contributed by atoms with Crippen LogP contribution in [0.4, 0.5) is 0 Å². The fourth-order valence-corrected chi connectivity index (χ4v) is 2.41. The zero-order chi connectivity index (χ0) is 13.2. The Bertz CT molecular complexity index is 329. The molecule has 100 valence electrons. The van der Waals surface area contributed by atoms with Crippen molar-refractivity contribution in [2.24, 2.45) is 5.92 Å². The van der Waals surface area contributed by atoms with Gasteiger partial charge in [-0.1, -0.05) is 62.9 Å². The first-order chi connectivity index (χ1) is 8.68. The van der Waals surface area contributed by atoms with Crippen LogP contribution in [0.25, 0.3) is 0 Å². The summed E-state index contributed by atoms with van der Waals surface area (Å²) in [7, 11) is 0. The highest BCUT2D eigenvalue weighted by Crippen LogP contribution is 2.15. The molecule has 0 aliphatic carbocycles. The minimum atomic E-state index is 0.326. The van der Waals surface area contributed by atoms with Crippen LogP contribution in [0, 0.1) is 5.92 Å². The monoisotopic (exact) mass is 246 g/mol. The Morgan fingerprint density at radius 3 is 2.39 bits per heavy atom. The van der Waals surface area contributed by atoms with Gasteiger partial charge in [-0.25, -0.2) is 0 Å². The van der Waals surface area contributed by atoms with Gasteiger partial charge in [0.2, 0.25) is 0 Å². The standard InChI is InChI=1S/C17H26O/c1-15(14-16(2)18)10-6-3-4-7-11-17-12-8-5-9-13-17/h5,8-9,12-13,15H,3-4,6-7,10-11,14H2,1-2H3/t15-/m0/s1. The lowest BCUT2D eigenvalue weighted by atomic mass is 9.97. The van der Waals surface area contributed by atoms with Gasteiger partial charge >= 0.3 is 0 Å². The van der Waals surface area contributed by atoms with E-state index in [2.05, 4.69) is 37.3 Å². The van der Waals surface area contributed by atoms with Crippen LogP contribution in [0.3, 0.4) is 0 Å². The molecule has 18 heavy (non-hydrogen) atoms. The molecule has 0 heterocycles. The fourth-order valence-electron chi connectivity index (χ4n) is 2.41. The van der Waals surface area contributed by atoms with E-state index in [1.54, 1.807) is 6.92 Å². The molecule has 0 aliphatic rings. The van der Waals surface area contributed by atoms with Crippen molar-refractivity contribution in [3.8, 4) is 0 Å². The van der Waals surface area contributed by atoms with Gasteiger partial charge in [-0.2, -0.15) is 0 Å². The van der Waals surface area contributed by atoms with Gasteiger partial charge in [0.05, 0.1) is 0 Å². The quantitative estimate of drug-likeness (QED) is 0.572. The Balaban J connectivity index is 1.97. The Hall–Kier alpha value is -1.11. The number of ketones is 1. The van der Waals surface area contributed by atoms with Crippen molar-refractivity contribution < 1.29 is 4.79 Å². The highest BCUT2D eigenvalue weighted by atomic mass is 16.1. The summed E-state index contributed by atoms with van der Waals surface area (Å²) in [6, 6.07) is 10.7. The van der Waals surface area contributed by atoms with Crippen LogP contribution in [0.2, 0.25) is 0 Å². The lowest BCUT2D eigenvalue weighted by Crippen LogP contribution is -2.01. The number of hydrogen-bond acceptors (Lipinski definition) is 1. The first kappa shape index (κ1) is 14.9. The topological polar surface area (TPSA) is 17.1 Å². The van der Waals surface area contributed by atoms with E-state index < -0.39 is 0 Å². The van der Waals surface area contributed by atoms with Crippen LogP contribution >= 0.6 is 0 Å². The molecule has 1 aromatic rings. The maximum atomic E-state index is 10.9. The Morgan fingerprint density at radius 1 is 1.06 bits per heavy atom. The van der Waals surface area contributed by atoms with E-state index in [9.17, 15) is 4.79 Å². The molecule has 0 spiro atoms. The summed E-state index contributed by atoms with van der Waals surface area (Å²) in [5, 5.41) is 0. The Labute approximate surface area is 112 Å². The normalized spacial score (nSPS) is 12.3. The summed E-state index contributed by atoms with van der Waals surface area (Å²) in [6.07, 6.45) is 8.31. The van der Waals surface area contributed by atoms with Crippen molar-refractivity contribution in [2.75, 3.05) is 0 Å². The largest absolute Gasteiger partial charge is 0.300 e. The number of unbranched alkanes of at least 4 members (excludes halogenated alkanes) is 3. The Morgan fingerprint density at radius 2 is 1.72 bits per heavy atom. The van der Waals surface area contributed by atoms with Crippen LogP contribution in [-0.2, 0) is 11.2 Å². The lowest BCUT2D eigenvalue weighted by molar-refractivity contribution is -0.117. The third kappa shape index (κ3) is 7.26. The van der Waals surface area contributed by atoms with Crippen molar-refractivity contribution in [3.05, 3.63) is 35.9 Å². The molecule has 0 bridgehead atoms. The minimum Gasteiger partial charge on any atom is -0.300 e. The van der Waals surface area contributed by atoms with E-state index in [4.69, 9.17) is 0 Å². The molecule has 0 saturated heterocycles. The number of Topliss-reactive ketones (excluding diaryl/α,β-unsaturated/α-hetero) is 1. The van der Waals surface area contributed by atoms with Crippen LogP contribution in [0.15, 0.2) is 30.3 Å². The van der Waals surface area contributed by atoms with Crippen LogP contribution < -0.4 is 0 Å². The van der Waals surface area contributed by atoms with Crippen LogP contribution in [-0.4, -0.2) is 5.78 Å². The van der Waals surface area contributed by atoms with E-state index in [0.29, 0.717) is 11.7 Å². The second-order valence-corrected chi connectivity index (χ2v) is 5.45. The van der Waals surface area contributed by atoms with Crippen molar-refractivity contribution in [2.45, 2.75) is 58.8 Å². The van der Waals surface area contributed by atoms with Gasteiger partial charge in [0, 0.05) is 6.42 Å². The maximum absolute atomic E-state index is 10.9. The number of carbonyl (C=O) groups excluding carboxylic acids is 1. The van der Waals surface area contributed by atoms with Gasteiger partial charge in [-0.3, -0.25) is 0 Å². The predicted octanol–water partition coefficient (Wildman–Crippen LogP) is 4.79. The molecule has 1 atom stereocenters. The van der Waals surface area contributed by atoms with Gasteiger partial charge in [-0.15, -0.1) is 0 Å². The molecule has 1 aromatic carbocycles. The molecule has 0 saturated carbocycles. The maximum Gasteiger partial charge on any atom is 0.130 e. The number of hydrogen-bond donors (Lipinski definition) is 0. The molecular weight excluding hydrogens is 220 g/mol. The zero-order valence-corrected chi connectivity index (χ0v) is 11.8. The molecular formula is C17H26O. The molecule has 0 unspecified atom stereocenters. The predicted molar refractivity (Wildman–Crippen MR) is 77.7 cm³/mol. The molecule has 0 fully saturated rings. The van der Waals surface area contributed by atoms with Gasteiger partial charge < -0.3 is 4.79 Å². The molecule has 1 heteroatoms. The van der Waals surface area contributed by atoms with E-state index >= 15 is 0 Å². The average molecular weight is 246 g/mol. The van der Waals surface area contributed by atoms with E-state index in [1.807, 2.05) is 0 Å². The summed E-state index contributed by atoms with van der Waals surface area (Å²) >= 11 is 0. The molecule has 0 radical (unpaired) electrons. The summed E-state index contributed by atoms with van der Waals surface area (Å²) in [5.41, 5.74) is 1.45. The number of benzene rings is 1. The summed E-state index contributed by atoms with van der Waals surface area (Å²) in [5.74, 6) is 0.892. The number of carbonyl (C=O) groups is 1. The first-order valence-corrected chi connectivity index (χ1v) is 7.22. The second-order valence-electron chi connectivity index (χ2n) is 5.45. The highest BCUT2D eigenvalue weighted by Gasteiger charge is 2.04. The third-order valence-corrected chi connectivity index (χ3v) is 3.39. The molecule has 1 rings (SSSR count). The van der Waals surface area contributed by atoms with Gasteiger partial charge in [-0.05, 0) is 31.2 Å². The summed E-state index contributed by atoms with van der Waals surface area (Å²) < 4.78 is 0. The van der Waals surface area contributed by atoms with Crippen LogP contribution in [0.5, 0.6) is 0 Å². The molecule has 0 amide bonds. The van der Waals surface area contributed by atoms with Crippen molar-refractivity contribution in [1.29, 1.82) is 0 Å². The zero-order valence-electron chi connectivity index (χ0n) is 11.8. The summed E-state index contributed by atoms with van der Waals surface area (Å²) in [6.45, 7) is 3.88. The van der Waals surface area contributed by atoms with Gasteiger partial charge in [0.15, 0.2) is 0 Å². The fraction of sp³-hybridized carbons (Fsp3) is 0.588. The second kappa shape index (κ2) is 8.91.